The van der Waals surface area contributed by atoms with Gasteiger partial charge >= 0.3 is 0 Å². The van der Waals surface area contributed by atoms with E-state index in [9.17, 15) is 4.79 Å². The number of carbonyl (C=O) groups is 1. The van der Waals surface area contributed by atoms with Crippen LogP contribution in [-0.2, 0) is 19.9 Å². The Balaban J connectivity index is 1.55. The van der Waals surface area contributed by atoms with Crippen LogP contribution in [0.25, 0.3) is 11.3 Å². The minimum Gasteiger partial charge on any atom is -0.361 e. The number of fused-ring (bicyclic) bond motifs is 1. The summed E-state index contributed by atoms with van der Waals surface area (Å²) in [5, 5.41) is 11.3. The highest BCUT2D eigenvalue weighted by Gasteiger charge is 2.25. The number of nitrogens with one attached hydrogen (secondary N) is 1. The SMILES string of the molecule is CCc1cc(-c2ccc3c(c2)CC[C@H]3NC(=O)c2ccnn2C)no1. The van der Waals surface area contributed by atoms with Gasteiger partial charge in [-0.1, -0.05) is 24.2 Å². The average molecular weight is 336 g/mol. The third-order valence-electron chi connectivity index (χ3n) is 4.78. The summed E-state index contributed by atoms with van der Waals surface area (Å²) in [5.74, 6) is 0.794. The van der Waals surface area contributed by atoms with Gasteiger partial charge in [0, 0.05) is 31.3 Å². The van der Waals surface area contributed by atoms with Crippen LogP contribution in [0.3, 0.4) is 0 Å². The van der Waals surface area contributed by atoms with Gasteiger partial charge in [0.05, 0.1) is 6.04 Å². The van der Waals surface area contributed by atoms with E-state index in [2.05, 4.69) is 27.7 Å². The van der Waals surface area contributed by atoms with E-state index in [0.29, 0.717) is 5.69 Å². The quantitative estimate of drug-likeness (QED) is 0.795. The van der Waals surface area contributed by atoms with Crippen molar-refractivity contribution in [1.29, 1.82) is 0 Å². The third kappa shape index (κ3) is 2.84. The number of rotatable bonds is 4. The average Bonchev–Trinajstić information content (AvgIpc) is 3.34. The van der Waals surface area contributed by atoms with Crippen LogP contribution < -0.4 is 5.32 Å². The minimum atomic E-state index is -0.0917. The van der Waals surface area contributed by atoms with E-state index in [0.717, 1.165) is 36.3 Å². The van der Waals surface area contributed by atoms with Crippen LogP contribution in [0.4, 0.5) is 0 Å². The highest BCUT2D eigenvalue weighted by Crippen LogP contribution is 2.34. The maximum atomic E-state index is 12.4. The fourth-order valence-corrected chi connectivity index (χ4v) is 3.37. The summed E-state index contributed by atoms with van der Waals surface area (Å²) in [5.41, 5.74) is 4.93. The summed E-state index contributed by atoms with van der Waals surface area (Å²) in [6, 6.07) is 10.0. The normalized spacial score (nSPS) is 16.0. The van der Waals surface area contributed by atoms with Gasteiger partial charge in [-0.3, -0.25) is 9.48 Å². The van der Waals surface area contributed by atoms with Gasteiger partial charge in [0.25, 0.3) is 5.91 Å². The molecular formula is C19H20N4O2. The van der Waals surface area contributed by atoms with Crippen LogP contribution in [0, 0.1) is 0 Å². The number of carbonyl (C=O) groups excluding carboxylic acids is 1. The predicted molar refractivity (Wildman–Crippen MR) is 93.1 cm³/mol. The van der Waals surface area contributed by atoms with Gasteiger partial charge in [-0.25, -0.2) is 0 Å². The lowest BCUT2D eigenvalue weighted by Crippen LogP contribution is -2.28. The summed E-state index contributed by atoms with van der Waals surface area (Å²) in [6.45, 7) is 2.04. The number of hydrogen-bond donors (Lipinski definition) is 1. The number of aryl methyl sites for hydroxylation is 3. The first-order valence-corrected chi connectivity index (χ1v) is 8.53. The van der Waals surface area contributed by atoms with E-state index in [4.69, 9.17) is 4.52 Å². The van der Waals surface area contributed by atoms with E-state index < -0.39 is 0 Å². The second-order valence-corrected chi connectivity index (χ2v) is 6.35. The summed E-state index contributed by atoms with van der Waals surface area (Å²) in [4.78, 5) is 12.4. The Morgan fingerprint density at radius 1 is 1.36 bits per heavy atom. The second-order valence-electron chi connectivity index (χ2n) is 6.35. The fraction of sp³-hybridized carbons (Fsp3) is 0.316. The summed E-state index contributed by atoms with van der Waals surface area (Å²) < 4.78 is 6.89. The second kappa shape index (κ2) is 6.20. The lowest BCUT2D eigenvalue weighted by molar-refractivity contribution is 0.0927. The van der Waals surface area contributed by atoms with E-state index >= 15 is 0 Å². The molecule has 128 valence electrons. The molecule has 0 aliphatic heterocycles. The molecule has 2 heterocycles. The van der Waals surface area contributed by atoms with Gasteiger partial charge in [-0.2, -0.15) is 5.10 Å². The van der Waals surface area contributed by atoms with Crippen molar-refractivity contribution in [3.05, 3.63) is 59.1 Å². The first-order valence-electron chi connectivity index (χ1n) is 8.53. The lowest BCUT2D eigenvalue weighted by Gasteiger charge is -2.14. The molecule has 6 heteroatoms. The van der Waals surface area contributed by atoms with Crippen LogP contribution in [0.1, 0.15) is 46.8 Å². The molecule has 6 nitrogen and oxygen atoms in total. The zero-order valence-electron chi connectivity index (χ0n) is 14.3. The van der Waals surface area contributed by atoms with E-state index in [1.54, 1.807) is 24.0 Å². The Hall–Kier alpha value is -2.89. The molecule has 4 rings (SSSR count). The molecule has 2 aromatic heterocycles. The predicted octanol–water partition coefficient (Wildman–Crippen LogP) is 3.05. The molecule has 0 bridgehead atoms. The third-order valence-corrected chi connectivity index (χ3v) is 4.78. The molecule has 1 amide bonds. The van der Waals surface area contributed by atoms with Crippen molar-refractivity contribution in [2.45, 2.75) is 32.2 Å². The van der Waals surface area contributed by atoms with Crippen LogP contribution in [0.15, 0.2) is 41.1 Å². The smallest absolute Gasteiger partial charge is 0.270 e. The van der Waals surface area contributed by atoms with Gasteiger partial charge in [0.1, 0.15) is 17.1 Å². The standard InChI is InChI=1S/C19H20N4O2/c1-3-14-11-17(22-25-14)13-4-6-15-12(10-13)5-7-16(15)21-19(24)18-8-9-20-23(18)2/h4,6,8-11,16H,3,5,7H2,1-2H3,(H,21,24)/t16-/m1/s1. The lowest BCUT2D eigenvalue weighted by atomic mass is 10.0. The molecule has 0 saturated heterocycles. The fourth-order valence-electron chi connectivity index (χ4n) is 3.37. The largest absolute Gasteiger partial charge is 0.361 e. The minimum absolute atomic E-state index is 0.0370. The van der Waals surface area contributed by atoms with Crippen molar-refractivity contribution < 1.29 is 9.32 Å². The van der Waals surface area contributed by atoms with Crippen molar-refractivity contribution in [3.63, 3.8) is 0 Å². The van der Waals surface area contributed by atoms with E-state index in [-0.39, 0.29) is 11.9 Å². The molecule has 1 aliphatic carbocycles. The van der Waals surface area contributed by atoms with Gasteiger partial charge in [-0.05, 0) is 36.1 Å². The Morgan fingerprint density at radius 2 is 2.24 bits per heavy atom. The van der Waals surface area contributed by atoms with Crippen molar-refractivity contribution in [2.24, 2.45) is 7.05 Å². The molecule has 1 aromatic carbocycles. The number of hydrogen-bond acceptors (Lipinski definition) is 4. The van der Waals surface area contributed by atoms with E-state index in [1.807, 2.05) is 19.1 Å². The Morgan fingerprint density at radius 3 is 2.96 bits per heavy atom. The first-order chi connectivity index (χ1) is 12.2. The highest BCUT2D eigenvalue weighted by molar-refractivity contribution is 5.92. The topological polar surface area (TPSA) is 73.0 Å². The van der Waals surface area contributed by atoms with Crippen LogP contribution >= 0.6 is 0 Å². The molecular weight excluding hydrogens is 316 g/mol. The maximum absolute atomic E-state index is 12.4. The molecule has 1 N–H and O–H groups in total. The number of benzene rings is 1. The molecule has 0 spiro atoms. The summed E-state index contributed by atoms with van der Waals surface area (Å²) in [6.07, 6.45) is 4.31. The van der Waals surface area contributed by atoms with Gasteiger partial charge in [0.2, 0.25) is 0 Å². The van der Waals surface area contributed by atoms with Crippen LogP contribution in [0.2, 0.25) is 0 Å². The van der Waals surface area contributed by atoms with Crippen molar-refractivity contribution in [1.82, 2.24) is 20.3 Å². The molecule has 0 saturated carbocycles. The molecule has 0 radical (unpaired) electrons. The number of nitrogens with zero attached hydrogens (tertiary/aromatic N) is 3. The summed E-state index contributed by atoms with van der Waals surface area (Å²) in [7, 11) is 1.77. The molecule has 1 atom stereocenters. The van der Waals surface area contributed by atoms with E-state index in [1.165, 1.54) is 11.1 Å². The molecule has 0 fully saturated rings. The number of aromatic nitrogens is 3. The Labute approximate surface area is 145 Å². The zero-order valence-corrected chi connectivity index (χ0v) is 14.3. The molecule has 3 aromatic rings. The summed E-state index contributed by atoms with van der Waals surface area (Å²) >= 11 is 0. The van der Waals surface area contributed by atoms with Crippen LogP contribution in [0.5, 0.6) is 0 Å². The molecule has 1 aliphatic rings. The highest BCUT2D eigenvalue weighted by atomic mass is 16.5. The van der Waals surface area contributed by atoms with Crippen molar-refractivity contribution in [2.75, 3.05) is 0 Å². The van der Waals surface area contributed by atoms with Gasteiger partial charge < -0.3 is 9.84 Å². The van der Waals surface area contributed by atoms with Crippen molar-refractivity contribution in [3.8, 4) is 11.3 Å². The Kier molecular flexibility index (Phi) is 3.87. The zero-order chi connectivity index (χ0) is 17.4. The van der Waals surface area contributed by atoms with Crippen LogP contribution in [-0.4, -0.2) is 20.8 Å². The van der Waals surface area contributed by atoms with Gasteiger partial charge in [0.15, 0.2) is 0 Å². The Bertz CT molecular complexity index is 925. The molecule has 25 heavy (non-hydrogen) atoms. The van der Waals surface area contributed by atoms with Crippen molar-refractivity contribution >= 4 is 5.91 Å². The number of amides is 1. The monoisotopic (exact) mass is 336 g/mol. The molecule has 0 unspecified atom stereocenters. The van der Waals surface area contributed by atoms with Gasteiger partial charge in [-0.15, -0.1) is 0 Å². The maximum Gasteiger partial charge on any atom is 0.270 e. The first kappa shape index (κ1) is 15.6.